The second-order valence-electron chi connectivity index (χ2n) is 5.18. The molecule has 23 heavy (non-hydrogen) atoms. The molecule has 122 valence electrons. The molecule has 0 saturated heterocycles. The summed E-state index contributed by atoms with van der Waals surface area (Å²) >= 11 is 0. The van der Waals surface area contributed by atoms with Gasteiger partial charge in [-0.3, -0.25) is 4.18 Å². The van der Waals surface area contributed by atoms with Gasteiger partial charge in [-0.25, -0.2) is 0 Å². The van der Waals surface area contributed by atoms with Crippen molar-refractivity contribution in [2.75, 3.05) is 13.4 Å². The molecule has 7 heteroatoms. The van der Waals surface area contributed by atoms with Gasteiger partial charge in [-0.15, -0.1) is 0 Å². The first kappa shape index (κ1) is 15.8. The van der Waals surface area contributed by atoms with Crippen molar-refractivity contribution < 1.29 is 27.2 Å². The minimum absolute atomic E-state index is 0.0565. The van der Waals surface area contributed by atoms with Crippen LogP contribution in [0.25, 0.3) is 0 Å². The predicted octanol–water partition coefficient (Wildman–Crippen LogP) is 2.16. The third kappa shape index (κ3) is 3.47. The Balaban J connectivity index is 1.68. The number of rotatable bonds is 5. The van der Waals surface area contributed by atoms with Crippen molar-refractivity contribution >= 4 is 10.1 Å². The molecule has 1 aliphatic rings. The molecule has 0 bridgehead atoms. The number of hydrogen-bond donors (Lipinski definition) is 1. The second-order valence-corrected chi connectivity index (χ2v) is 6.80. The van der Waals surface area contributed by atoms with E-state index in [4.69, 9.17) is 13.7 Å². The quantitative estimate of drug-likeness (QED) is 0.843. The fourth-order valence-electron chi connectivity index (χ4n) is 2.14. The molecule has 6 nitrogen and oxygen atoms in total. The Bertz CT molecular complexity index is 798. The number of ether oxygens (including phenoxy) is 2. The monoisotopic (exact) mass is 336 g/mol. The zero-order chi connectivity index (χ0) is 16.4. The van der Waals surface area contributed by atoms with Crippen molar-refractivity contribution in [2.45, 2.75) is 17.9 Å². The molecule has 0 amide bonds. The maximum Gasteiger partial charge on any atom is 0.297 e. The van der Waals surface area contributed by atoms with E-state index in [1.807, 2.05) is 6.92 Å². The normalized spacial score (nSPS) is 14.7. The maximum atomic E-state index is 12.1. The lowest BCUT2D eigenvalue weighted by molar-refractivity contribution is 0.111. The van der Waals surface area contributed by atoms with E-state index in [2.05, 4.69) is 0 Å². The van der Waals surface area contributed by atoms with E-state index in [1.54, 1.807) is 30.3 Å². The average Bonchev–Trinajstić information content (AvgIpc) is 3.00. The van der Waals surface area contributed by atoms with E-state index < -0.39 is 16.2 Å². The molecule has 1 heterocycles. The minimum atomic E-state index is -3.91. The smallest absolute Gasteiger partial charge is 0.297 e. The van der Waals surface area contributed by atoms with Gasteiger partial charge in [0.15, 0.2) is 11.5 Å². The molecule has 1 aliphatic heterocycles. The third-order valence-corrected chi connectivity index (χ3v) is 4.77. The number of aliphatic hydroxyl groups is 1. The van der Waals surface area contributed by atoms with Crippen LogP contribution in [0.3, 0.4) is 0 Å². The van der Waals surface area contributed by atoms with Crippen LogP contribution in [-0.4, -0.2) is 26.9 Å². The van der Waals surface area contributed by atoms with Gasteiger partial charge in [0.1, 0.15) is 6.10 Å². The Morgan fingerprint density at radius 3 is 2.57 bits per heavy atom. The van der Waals surface area contributed by atoms with Gasteiger partial charge in [0.05, 0.1) is 11.5 Å². The highest BCUT2D eigenvalue weighted by atomic mass is 32.2. The van der Waals surface area contributed by atoms with E-state index in [0.717, 1.165) is 5.56 Å². The van der Waals surface area contributed by atoms with Crippen molar-refractivity contribution in [3.05, 3.63) is 53.6 Å². The van der Waals surface area contributed by atoms with Crippen molar-refractivity contribution in [1.29, 1.82) is 0 Å². The van der Waals surface area contributed by atoms with Crippen molar-refractivity contribution in [2.24, 2.45) is 0 Å². The topological polar surface area (TPSA) is 82.1 Å². The number of aliphatic hydroxyl groups excluding tert-OH is 1. The van der Waals surface area contributed by atoms with Gasteiger partial charge < -0.3 is 14.6 Å². The van der Waals surface area contributed by atoms with Crippen LogP contribution in [0.5, 0.6) is 11.5 Å². The molecule has 0 aliphatic carbocycles. The van der Waals surface area contributed by atoms with E-state index in [9.17, 15) is 13.5 Å². The average molecular weight is 336 g/mol. The fourth-order valence-corrected chi connectivity index (χ4v) is 3.06. The van der Waals surface area contributed by atoms with Crippen LogP contribution in [0.15, 0.2) is 47.4 Å². The summed E-state index contributed by atoms with van der Waals surface area (Å²) in [4.78, 5) is 0.0565. The zero-order valence-electron chi connectivity index (χ0n) is 12.4. The summed E-state index contributed by atoms with van der Waals surface area (Å²) in [6.45, 7) is 1.61. The van der Waals surface area contributed by atoms with Crippen molar-refractivity contribution in [3.63, 3.8) is 0 Å². The predicted molar refractivity (Wildman–Crippen MR) is 81.8 cm³/mol. The molecule has 2 aromatic rings. The van der Waals surface area contributed by atoms with E-state index in [-0.39, 0.29) is 18.3 Å². The molecule has 1 unspecified atom stereocenters. The highest BCUT2D eigenvalue weighted by Crippen LogP contribution is 2.34. The summed E-state index contributed by atoms with van der Waals surface area (Å²) < 4.78 is 39.5. The lowest BCUT2D eigenvalue weighted by Crippen LogP contribution is -2.13. The summed E-state index contributed by atoms with van der Waals surface area (Å²) in [5, 5.41) is 10.1. The second kappa shape index (κ2) is 6.19. The molecule has 2 aromatic carbocycles. The number of aryl methyl sites for hydroxylation is 1. The van der Waals surface area contributed by atoms with Crippen LogP contribution in [0, 0.1) is 6.92 Å². The van der Waals surface area contributed by atoms with E-state index in [0.29, 0.717) is 17.1 Å². The number of benzene rings is 2. The first-order valence-electron chi connectivity index (χ1n) is 6.99. The van der Waals surface area contributed by atoms with Gasteiger partial charge in [0.25, 0.3) is 10.1 Å². The maximum absolute atomic E-state index is 12.1. The van der Waals surface area contributed by atoms with E-state index >= 15 is 0 Å². The summed E-state index contributed by atoms with van der Waals surface area (Å²) in [5.41, 5.74) is 1.44. The molecule has 0 radical (unpaired) electrons. The van der Waals surface area contributed by atoms with Crippen molar-refractivity contribution in [3.8, 4) is 11.5 Å². The lowest BCUT2D eigenvalue weighted by Gasteiger charge is -2.12. The summed E-state index contributed by atoms with van der Waals surface area (Å²) in [5.74, 6) is 1.11. The first-order valence-corrected chi connectivity index (χ1v) is 8.40. The van der Waals surface area contributed by atoms with Crippen LogP contribution in [0.2, 0.25) is 0 Å². The molecule has 1 atom stereocenters. The van der Waals surface area contributed by atoms with Crippen LogP contribution < -0.4 is 9.47 Å². The van der Waals surface area contributed by atoms with Gasteiger partial charge >= 0.3 is 0 Å². The zero-order valence-corrected chi connectivity index (χ0v) is 13.2. The molecule has 0 saturated carbocycles. The first-order chi connectivity index (χ1) is 11.0. The minimum Gasteiger partial charge on any atom is -0.454 e. The van der Waals surface area contributed by atoms with Gasteiger partial charge in [0.2, 0.25) is 6.79 Å². The van der Waals surface area contributed by atoms with Crippen LogP contribution in [0.4, 0.5) is 0 Å². The Hall–Kier alpha value is -2.09. The molecule has 0 fully saturated rings. The van der Waals surface area contributed by atoms with Crippen LogP contribution in [-0.2, 0) is 14.3 Å². The van der Waals surface area contributed by atoms with Crippen LogP contribution >= 0.6 is 0 Å². The summed E-state index contributed by atoms with van der Waals surface area (Å²) in [6, 6.07) is 11.2. The Labute approximate surface area is 134 Å². The lowest BCUT2D eigenvalue weighted by atomic mass is 10.1. The Morgan fingerprint density at radius 1 is 1.13 bits per heavy atom. The third-order valence-electron chi connectivity index (χ3n) is 3.47. The highest BCUT2D eigenvalue weighted by molar-refractivity contribution is 7.86. The summed E-state index contributed by atoms with van der Waals surface area (Å²) in [6.07, 6.45) is -1.09. The van der Waals surface area contributed by atoms with Gasteiger partial charge in [-0.1, -0.05) is 23.8 Å². The van der Waals surface area contributed by atoms with Gasteiger partial charge in [-0.2, -0.15) is 8.42 Å². The largest absolute Gasteiger partial charge is 0.454 e. The molecule has 0 spiro atoms. The Morgan fingerprint density at radius 2 is 1.83 bits per heavy atom. The number of hydrogen-bond acceptors (Lipinski definition) is 6. The standard InChI is InChI=1S/C16H16O6S/c1-11-2-5-13(6-3-11)23(18,19)22-9-14(17)12-4-7-15-16(8-12)21-10-20-15/h2-8,14,17H,9-10H2,1H3. The van der Waals surface area contributed by atoms with Crippen molar-refractivity contribution in [1.82, 2.24) is 0 Å². The van der Waals surface area contributed by atoms with Crippen LogP contribution in [0.1, 0.15) is 17.2 Å². The molecule has 0 aromatic heterocycles. The fraction of sp³-hybridized carbons (Fsp3) is 0.250. The SMILES string of the molecule is Cc1ccc(S(=O)(=O)OCC(O)c2ccc3c(c2)OCO3)cc1. The highest BCUT2D eigenvalue weighted by Gasteiger charge is 2.20. The molecule has 1 N–H and O–H groups in total. The molecule has 3 rings (SSSR count). The summed E-state index contributed by atoms with van der Waals surface area (Å²) in [7, 11) is -3.91. The number of fused-ring (bicyclic) bond motifs is 1. The van der Waals surface area contributed by atoms with Gasteiger partial charge in [0, 0.05) is 0 Å². The molecular formula is C16H16O6S. The van der Waals surface area contributed by atoms with E-state index in [1.165, 1.54) is 12.1 Å². The van der Waals surface area contributed by atoms with Gasteiger partial charge in [-0.05, 0) is 36.8 Å². The Kier molecular flexibility index (Phi) is 4.25. The molecular weight excluding hydrogens is 320 g/mol.